The highest BCUT2D eigenvalue weighted by Gasteiger charge is 2.73. The van der Waals surface area contributed by atoms with Crippen LogP contribution in [0.5, 0.6) is 17.6 Å². The molecular weight excluding hydrogens is 729 g/mol. The molecule has 3 fully saturated rings. The summed E-state index contributed by atoms with van der Waals surface area (Å²) < 4.78 is 17.9. The van der Waals surface area contributed by atoms with Gasteiger partial charge in [-0.15, -0.1) is 0 Å². The number of aromatic nitrogens is 2. The third-order valence-corrected chi connectivity index (χ3v) is 12.5. The van der Waals surface area contributed by atoms with Gasteiger partial charge in [0.15, 0.2) is 0 Å². The Morgan fingerprint density at radius 1 is 0.963 bits per heavy atom. The van der Waals surface area contributed by atoms with Crippen molar-refractivity contribution in [3.05, 3.63) is 86.9 Å². The molecule has 2 aromatic heterocycles. The van der Waals surface area contributed by atoms with E-state index in [1.807, 2.05) is 48.2 Å². The van der Waals surface area contributed by atoms with Crippen molar-refractivity contribution in [3.63, 3.8) is 0 Å². The zero-order valence-electron chi connectivity index (χ0n) is 30.5. The minimum Gasteiger partial charge on any atom is -0.481 e. The minimum atomic E-state index is -0.830. The number of carbonyl (C=O) groups is 2. The summed E-state index contributed by atoms with van der Waals surface area (Å²) >= 11 is 14.0. The van der Waals surface area contributed by atoms with Crippen LogP contribution in [0.25, 0.3) is 22.4 Å². The molecule has 0 bridgehead atoms. The van der Waals surface area contributed by atoms with Crippen LogP contribution in [0.15, 0.2) is 54.6 Å². The van der Waals surface area contributed by atoms with Crippen LogP contribution in [-0.2, 0) is 29.1 Å². The topological polar surface area (TPSA) is 135 Å². The monoisotopic (exact) mass is 771 g/mol. The van der Waals surface area contributed by atoms with Crippen molar-refractivity contribution >= 4 is 35.1 Å². The molecule has 54 heavy (non-hydrogen) atoms. The molecule has 11 nitrogen and oxygen atoms in total. The van der Waals surface area contributed by atoms with E-state index in [9.17, 15) is 14.7 Å². The lowest BCUT2D eigenvalue weighted by atomic mass is 9.94. The van der Waals surface area contributed by atoms with Crippen molar-refractivity contribution in [1.82, 2.24) is 25.5 Å². The van der Waals surface area contributed by atoms with Crippen LogP contribution in [-0.4, -0.2) is 70.7 Å². The zero-order valence-corrected chi connectivity index (χ0v) is 32.0. The molecule has 2 aliphatic heterocycles. The fourth-order valence-corrected chi connectivity index (χ4v) is 9.62. The SMILES string of the molecule is COc1nc(-c2cccc(-c3cccc4c3CC[C@@H]4Oc3nc(OC)c(CN4CCC5C(C)[C@@]54C(=O)O)cc3Cl)c2Cl)ccc1CNC[C@@H]1CCC(=O)N1. The number of amides is 1. The highest BCUT2D eigenvalue weighted by molar-refractivity contribution is 6.36. The van der Waals surface area contributed by atoms with Gasteiger partial charge < -0.3 is 30.0 Å². The first-order valence-electron chi connectivity index (χ1n) is 18.5. The van der Waals surface area contributed by atoms with Gasteiger partial charge in [0.2, 0.25) is 23.5 Å². The fraction of sp³-hybridized carbons (Fsp3) is 0.415. The highest BCUT2D eigenvalue weighted by atomic mass is 35.5. The summed E-state index contributed by atoms with van der Waals surface area (Å²) in [7, 11) is 3.16. The highest BCUT2D eigenvalue weighted by Crippen LogP contribution is 2.61. The summed E-state index contributed by atoms with van der Waals surface area (Å²) in [5, 5.41) is 17.4. The van der Waals surface area contributed by atoms with E-state index in [0.29, 0.717) is 60.1 Å². The summed E-state index contributed by atoms with van der Waals surface area (Å²) in [6.45, 7) is 4.32. The van der Waals surface area contributed by atoms with Gasteiger partial charge in [0, 0.05) is 54.4 Å². The number of likely N-dealkylation sites (tertiary alicyclic amines) is 1. The number of fused-ring (bicyclic) bond motifs is 2. The van der Waals surface area contributed by atoms with Gasteiger partial charge in [-0.05, 0) is 72.9 Å². The second kappa shape index (κ2) is 14.7. The van der Waals surface area contributed by atoms with Crippen LogP contribution in [0.3, 0.4) is 0 Å². The minimum absolute atomic E-state index is 0.0987. The summed E-state index contributed by atoms with van der Waals surface area (Å²) in [5.74, 6) is 0.752. The number of aliphatic carboxylic acids is 1. The Morgan fingerprint density at radius 2 is 1.72 bits per heavy atom. The lowest BCUT2D eigenvalue weighted by Gasteiger charge is -2.27. The average molecular weight is 773 g/mol. The fourth-order valence-electron chi connectivity index (χ4n) is 9.08. The van der Waals surface area contributed by atoms with E-state index >= 15 is 0 Å². The molecule has 0 radical (unpaired) electrons. The van der Waals surface area contributed by atoms with Crippen molar-refractivity contribution in [3.8, 4) is 40.0 Å². The molecule has 1 saturated carbocycles. The smallest absolute Gasteiger partial charge is 0.324 e. The van der Waals surface area contributed by atoms with E-state index in [1.54, 1.807) is 20.3 Å². The average Bonchev–Trinajstić information content (AvgIpc) is 3.58. The van der Waals surface area contributed by atoms with Gasteiger partial charge in [-0.1, -0.05) is 72.6 Å². The lowest BCUT2D eigenvalue weighted by Crippen LogP contribution is -2.42. The van der Waals surface area contributed by atoms with E-state index in [0.717, 1.165) is 64.6 Å². The molecule has 2 aliphatic carbocycles. The first kappa shape index (κ1) is 36.6. The Balaban J connectivity index is 1.00. The molecule has 13 heteroatoms. The number of hydrogen-bond acceptors (Lipinski definition) is 9. The summed E-state index contributed by atoms with van der Waals surface area (Å²) in [6, 6.07) is 18.0. The number of ether oxygens (including phenoxy) is 3. The molecule has 8 rings (SSSR count). The zero-order chi connectivity index (χ0) is 37.7. The number of nitrogens with one attached hydrogen (secondary N) is 2. The van der Waals surface area contributed by atoms with E-state index in [4.69, 9.17) is 42.4 Å². The van der Waals surface area contributed by atoms with Crippen LogP contribution in [0.1, 0.15) is 61.0 Å². The number of halogens is 2. The molecule has 282 valence electrons. The van der Waals surface area contributed by atoms with E-state index in [1.165, 1.54) is 0 Å². The van der Waals surface area contributed by atoms with Crippen molar-refractivity contribution < 1.29 is 28.9 Å². The molecule has 2 aromatic carbocycles. The quantitative estimate of drug-likeness (QED) is 0.132. The molecule has 3 N–H and O–H groups in total. The number of methoxy groups -OCH3 is 2. The van der Waals surface area contributed by atoms with Gasteiger partial charge in [-0.3, -0.25) is 14.5 Å². The lowest BCUT2D eigenvalue weighted by molar-refractivity contribution is -0.145. The summed E-state index contributed by atoms with van der Waals surface area (Å²) in [4.78, 5) is 35.4. The van der Waals surface area contributed by atoms with E-state index in [2.05, 4.69) is 27.8 Å². The van der Waals surface area contributed by atoms with Gasteiger partial charge in [0.05, 0.1) is 24.9 Å². The van der Waals surface area contributed by atoms with Crippen LogP contribution < -0.4 is 24.8 Å². The maximum Gasteiger partial charge on any atom is 0.324 e. The van der Waals surface area contributed by atoms with Crippen LogP contribution in [0.4, 0.5) is 0 Å². The summed E-state index contributed by atoms with van der Waals surface area (Å²) in [6.07, 6.45) is 3.47. The number of benzene rings is 2. The number of piperidine rings is 1. The standard InChI is InChI=1S/C41H43Cl2N5O6/c1-22-31-16-17-48(41(22,31)40(50)51)21-24-18-32(42)39(47-38(24)53-3)54-34-14-12-27-26(6-4-7-28(27)34)29-8-5-9-30(36(29)43)33-13-10-23(37(46-33)52-2)19-44-20-25-11-15-35(49)45-25/h4-10,13,18,22,25,31,34,44H,11-12,14-17,19-21H2,1-3H3,(H,45,49)(H,50,51)/t22?,25-,31?,34-,41-/m0/s1. The van der Waals surface area contributed by atoms with Gasteiger partial charge in [-0.25, -0.2) is 4.98 Å². The maximum absolute atomic E-state index is 12.3. The third kappa shape index (κ3) is 6.34. The molecular formula is C41H43Cl2N5O6. The number of carbonyl (C=O) groups excluding carboxylic acids is 1. The number of pyridine rings is 2. The first-order chi connectivity index (χ1) is 26.1. The van der Waals surface area contributed by atoms with Crippen molar-refractivity contribution in [1.29, 1.82) is 0 Å². The van der Waals surface area contributed by atoms with Crippen LogP contribution in [0.2, 0.25) is 10.0 Å². The predicted octanol–water partition coefficient (Wildman–Crippen LogP) is 6.86. The normalized spacial score (nSPS) is 24.2. The van der Waals surface area contributed by atoms with Crippen molar-refractivity contribution in [2.45, 2.75) is 69.8 Å². The number of hydrogen-bond donors (Lipinski definition) is 3. The number of rotatable bonds is 13. The third-order valence-electron chi connectivity index (χ3n) is 11.8. The summed E-state index contributed by atoms with van der Waals surface area (Å²) in [5.41, 5.74) is 6.41. The molecule has 1 amide bonds. The van der Waals surface area contributed by atoms with Crippen LogP contribution in [0, 0.1) is 11.8 Å². The second-order valence-corrected chi connectivity index (χ2v) is 15.4. The van der Waals surface area contributed by atoms with E-state index < -0.39 is 11.5 Å². The number of carboxylic acid groups (broad SMARTS) is 1. The molecule has 5 atom stereocenters. The Bertz CT molecular complexity index is 2130. The first-order valence-corrected chi connectivity index (χ1v) is 19.2. The van der Waals surface area contributed by atoms with Gasteiger partial charge in [0.25, 0.3) is 0 Å². The Labute approximate surface area is 324 Å². The maximum atomic E-state index is 12.3. The van der Waals surface area contributed by atoms with Gasteiger partial charge in [-0.2, -0.15) is 4.98 Å². The van der Waals surface area contributed by atoms with Gasteiger partial charge in [0.1, 0.15) is 16.7 Å². The number of nitrogens with zero attached hydrogens (tertiary/aromatic N) is 3. The molecule has 4 aromatic rings. The largest absolute Gasteiger partial charge is 0.481 e. The second-order valence-electron chi connectivity index (χ2n) is 14.7. The molecule has 2 unspecified atom stereocenters. The molecule has 2 saturated heterocycles. The Kier molecular flexibility index (Phi) is 9.93. The number of carboxylic acids is 1. The Hall–Kier alpha value is -4.42. The van der Waals surface area contributed by atoms with Gasteiger partial charge >= 0.3 is 5.97 Å². The Morgan fingerprint density at radius 3 is 2.46 bits per heavy atom. The van der Waals surface area contributed by atoms with Crippen molar-refractivity contribution in [2.75, 3.05) is 27.3 Å². The van der Waals surface area contributed by atoms with E-state index in [-0.39, 0.29) is 35.8 Å². The van der Waals surface area contributed by atoms with Crippen molar-refractivity contribution in [2.24, 2.45) is 11.8 Å². The van der Waals surface area contributed by atoms with Crippen LogP contribution >= 0.6 is 23.2 Å². The molecule has 4 heterocycles. The molecule has 0 spiro atoms. The molecule has 4 aliphatic rings. The predicted molar refractivity (Wildman–Crippen MR) is 205 cm³/mol.